The van der Waals surface area contributed by atoms with Crippen molar-refractivity contribution in [2.75, 3.05) is 39.4 Å². The van der Waals surface area contributed by atoms with Crippen molar-refractivity contribution < 1.29 is 4.74 Å². The normalized spacial score (nSPS) is 29.8. The quantitative estimate of drug-likeness (QED) is 0.780. The minimum absolute atomic E-state index is 0.542. The van der Waals surface area contributed by atoms with Crippen LogP contribution in [0.5, 0.6) is 0 Å². The molecule has 2 heterocycles. The molecular formula is C16H30N2O. The van der Waals surface area contributed by atoms with Gasteiger partial charge in [-0.25, -0.2) is 0 Å². The minimum Gasteiger partial charge on any atom is -0.381 e. The average molecular weight is 266 g/mol. The van der Waals surface area contributed by atoms with Gasteiger partial charge in [0, 0.05) is 51.0 Å². The second-order valence-electron chi connectivity index (χ2n) is 7.14. The lowest BCUT2D eigenvalue weighted by Crippen LogP contribution is -2.67. The van der Waals surface area contributed by atoms with Crippen LogP contribution in [0, 0.1) is 5.92 Å². The van der Waals surface area contributed by atoms with Crippen LogP contribution in [0.2, 0.25) is 0 Å². The van der Waals surface area contributed by atoms with Crippen molar-refractivity contribution in [1.29, 1.82) is 0 Å². The van der Waals surface area contributed by atoms with Gasteiger partial charge in [-0.15, -0.1) is 0 Å². The summed E-state index contributed by atoms with van der Waals surface area (Å²) in [6.45, 7) is 11.9. The van der Waals surface area contributed by atoms with E-state index in [1.807, 2.05) is 0 Å². The Kier molecular flexibility index (Phi) is 4.16. The molecule has 0 aromatic rings. The zero-order chi connectivity index (χ0) is 13.3. The second kappa shape index (κ2) is 5.71. The summed E-state index contributed by atoms with van der Waals surface area (Å²) in [7, 11) is 0. The zero-order valence-electron chi connectivity index (χ0n) is 12.7. The van der Waals surface area contributed by atoms with E-state index in [4.69, 9.17) is 4.74 Å². The topological polar surface area (TPSA) is 15.7 Å². The summed E-state index contributed by atoms with van der Waals surface area (Å²) in [4.78, 5) is 5.55. The minimum atomic E-state index is 0.542. The van der Waals surface area contributed by atoms with Gasteiger partial charge >= 0.3 is 0 Å². The molecule has 0 N–H and O–H groups in total. The summed E-state index contributed by atoms with van der Waals surface area (Å²) >= 11 is 0. The van der Waals surface area contributed by atoms with E-state index in [9.17, 15) is 0 Å². The average Bonchev–Trinajstić information content (AvgIpc) is 2.38. The van der Waals surface area contributed by atoms with Gasteiger partial charge in [0.15, 0.2) is 0 Å². The van der Waals surface area contributed by atoms with Gasteiger partial charge in [0.2, 0.25) is 0 Å². The summed E-state index contributed by atoms with van der Waals surface area (Å²) in [5, 5.41) is 0. The van der Waals surface area contributed by atoms with Gasteiger partial charge in [-0.2, -0.15) is 0 Å². The molecule has 0 aromatic heterocycles. The van der Waals surface area contributed by atoms with Crippen molar-refractivity contribution in [1.82, 2.24) is 9.80 Å². The summed E-state index contributed by atoms with van der Waals surface area (Å²) in [5.41, 5.74) is 0.542. The molecule has 110 valence electrons. The number of hydrogen-bond donors (Lipinski definition) is 0. The fourth-order valence-electron chi connectivity index (χ4n) is 4.07. The predicted molar refractivity (Wildman–Crippen MR) is 78.4 cm³/mol. The highest BCUT2D eigenvalue weighted by atomic mass is 16.5. The van der Waals surface area contributed by atoms with Crippen LogP contribution in [0.25, 0.3) is 0 Å². The molecule has 0 amide bonds. The van der Waals surface area contributed by atoms with Crippen molar-refractivity contribution in [2.45, 2.75) is 57.5 Å². The Balaban J connectivity index is 1.61. The fraction of sp³-hybridized carbons (Fsp3) is 1.00. The lowest BCUT2D eigenvalue weighted by atomic mass is 9.73. The second-order valence-corrected chi connectivity index (χ2v) is 7.14. The Labute approximate surface area is 118 Å². The maximum Gasteiger partial charge on any atom is 0.0469 e. The molecule has 1 saturated carbocycles. The number of rotatable bonds is 3. The molecule has 3 rings (SSSR count). The van der Waals surface area contributed by atoms with Crippen LogP contribution >= 0.6 is 0 Å². The standard InChI is InChI=1S/C16H30N2O/c1-14(2)17-8-9-18(16(13-17)6-3-7-16)12-15-4-10-19-11-5-15/h14-15H,3-13H2,1-2H3. The highest BCUT2D eigenvalue weighted by molar-refractivity contribution is 5.03. The Morgan fingerprint density at radius 2 is 1.89 bits per heavy atom. The zero-order valence-corrected chi connectivity index (χ0v) is 12.7. The van der Waals surface area contributed by atoms with Crippen LogP contribution < -0.4 is 0 Å². The predicted octanol–water partition coefficient (Wildman–Crippen LogP) is 2.36. The van der Waals surface area contributed by atoms with Crippen LogP contribution in [0.3, 0.4) is 0 Å². The molecule has 3 fully saturated rings. The highest BCUT2D eigenvalue weighted by Crippen LogP contribution is 2.41. The molecule has 0 bridgehead atoms. The van der Waals surface area contributed by atoms with E-state index >= 15 is 0 Å². The number of hydrogen-bond acceptors (Lipinski definition) is 3. The first-order valence-electron chi connectivity index (χ1n) is 8.26. The van der Waals surface area contributed by atoms with Crippen LogP contribution in [-0.4, -0.2) is 60.8 Å². The van der Waals surface area contributed by atoms with Gasteiger partial charge in [0.1, 0.15) is 0 Å². The summed E-state index contributed by atoms with van der Waals surface area (Å²) in [6.07, 6.45) is 6.86. The monoisotopic (exact) mass is 266 g/mol. The Bertz CT molecular complexity index is 295. The molecule has 2 saturated heterocycles. The molecule has 0 atom stereocenters. The van der Waals surface area contributed by atoms with Crippen molar-refractivity contribution in [3.05, 3.63) is 0 Å². The van der Waals surface area contributed by atoms with Gasteiger partial charge < -0.3 is 4.74 Å². The molecular weight excluding hydrogens is 236 g/mol. The Hall–Kier alpha value is -0.120. The molecule has 2 aliphatic heterocycles. The Morgan fingerprint density at radius 1 is 1.16 bits per heavy atom. The van der Waals surface area contributed by atoms with Crippen molar-refractivity contribution >= 4 is 0 Å². The van der Waals surface area contributed by atoms with E-state index in [0.29, 0.717) is 11.6 Å². The highest BCUT2D eigenvalue weighted by Gasteiger charge is 2.46. The molecule has 0 radical (unpaired) electrons. The first-order chi connectivity index (χ1) is 9.20. The maximum atomic E-state index is 5.50. The molecule has 3 nitrogen and oxygen atoms in total. The third-order valence-electron chi connectivity index (χ3n) is 5.66. The van der Waals surface area contributed by atoms with Gasteiger partial charge in [-0.1, -0.05) is 0 Å². The van der Waals surface area contributed by atoms with E-state index in [1.165, 1.54) is 58.3 Å². The molecule has 3 heteroatoms. The fourth-order valence-corrected chi connectivity index (χ4v) is 4.07. The van der Waals surface area contributed by atoms with Crippen LogP contribution in [0.15, 0.2) is 0 Å². The van der Waals surface area contributed by atoms with E-state index < -0.39 is 0 Å². The molecule has 1 spiro atoms. The third-order valence-corrected chi connectivity index (χ3v) is 5.66. The smallest absolute Gasteiger partial charge is 0.0469 e. The molecule has 0 aromatic carbocycles. The summed E-state index contributed by atoms with van der Waals surface area (Å²) < 4.78 is 5.50. The van der Waals surface area contributed by atoms with E-state index in [-0.39, 0.29) is 0 Å². The van der Waals surface area contributed by atoms with E-state index in [0.717, 1.165) is 19.1 Å². The van der Waals surface area contributed by atoms with Gasteiger partial charge in [-0.05, 0) is 51.9 Å². The largest absolute Gasteiger partial charge is 0.381 e. The van der Waals surface area contributed by atoms with Crippen molar-refractivity contribution in [2.24, 2.45) is 5.92 Å². The first-order valence-corrected chi connectivity index (χ1v) is 8.26. The lowest BCUT2D eigenvalue weighted by Gasteiger charge is -2.57. The van der Waals surface area contributed by atoms with Crippen LogP contribution in [-0.2, 0) is 4.74 Å². The van der Waals surface area contributed by atoms with Crippen molar-refractivity contribution in [3.63, 3.8) is 0 Å². The summed E-state index contributed by atoms with van der Waals surface area (Å²) in [5.74, 6) is 0.886. The van der Waals surface area contributed by atoms with Gasteiger partial charge in [0.05, 0.1) is 0 Å². The maximum absolute atomic E-state index is 5.50. The van der Waals surface area contributed by atoms with Gasteiger partial charge in [-0.3, -0.25) is 9.80 Å². The SMILES string of the molecule is CC(C)N1CCN(CC2CCOCC2)C2(CCC2)C1. The number of nitrogens with zero attached hydrogens (tertiary/aromatic N) is 2. The molecule has 1 aliphatic carbocycles. The third kappa shape index (κ3) is 2.84. The van der Waals surface area contributed by atoms with Crippen LogP contribution in [0.4, 0.5) is 0 Å². The van der Waals surface area contributed by atoms with Crippen molar-refractivity contribution in [3.8, 4) is 0 Å². The molecule has 3 aliphatic rings. The number of piperazine rings is 1. The van der Waals surface area contributed by atoms with E-state index in [2.05, 4.69) is 23.6 Å². The van der Waals surface area contributed by atoms with E-state index in [1.54, 1.807) is 0 Å². The molecule has 19 heavy (non-hydrogen) atoms. The van der Waals surface area contributed by atoms with Gasteiger partial charge in [0.25, 0.3) is 0 Å². The lowest BCUT2D eigenvalue weighted by molar-refractivity contribution is -0.0754. The Morgan fingerprint density at radius 3 is 2.47 bits per heavy atom. The first kappa shape index (κ1) is 13.8. The molecule has 0 unspecified atom stereocenters. The van der Waals surface area contributed by atoms with Crippen LogP contribution in [0.1, 0.15) is 46.0 Å². The number of ether oxygens (including phenoxy) is 1. The summed E-state index contributed by atoms with van der Waals surface area (Å²) in [6, 6.07) is 0.711.